The average Bonchev–Trinajstić information content (AvgIpc) is 2.43. The van der Waals surface area contributed by atoms with Crippen molar-refractivity contribution in [3.05, 3.63) is 36.4 Å². The van der Waals surface area contributed by atoms with E-state index < -0.39 is 0 Å². The minimum atomic E-state index is -0.100. The summed E-state index contributed by atoms with van der Waals surface area (Å²) in [6, 6.07) is 7.51. The third kappa shape index (κ3) is 5.65. The molecule has 1 atom stereocenters. The molecule has 0 saturated heterocycles. The molecule has 0 bridgehead atoms. The smallest absolute Gasteiger partial charge is 0.188 e. The van der Waals surface area contributed by atoms with E-state index in [-0.39, 0.29) is 6.10 Å². The van der Waals surface area contributed by atoms with E-state index in [1.165, 1.54) is 0 Å². The van der Waals surface area contributed by atoms with Gasteiger partial charge in [0.2, 0.25) is 0 Å². The molecule has 0 aliphatic rings. The number of ether oxygens (including phenoxy) is 2. The highest BCUT2D eigenvalue weighted by Crippen LogP contribution is 2.26. The molecule has 0 aliphatic carbocycles. The van der Waals surface area contributed by atoms with Crippen LogP contribution in [-0.4, -0.2) is 32.3 Å². The molecule has 0 fully saturated rings. The molecule has 1 aromatic carbocycles. The summed E-state index contributed by atoms with van der Waals surface area (Å²) < 4.78 is 11.0. The summed E-state index contributed by atoms with van der Waals surface area (Å²) in [6.45, 7) is 8.73. The Bertz CT molecular complexity index is 472. The fourth-order valence-corrected chi connectivity index (χ4v) is 1.49. The van der Waals surface area contributed by atoms with Gasteiger partial charge in [0.25, 0.3) is 0 Å². The molecule has 0 spiro atoms. The van der Waals surface area contributed by atoms with Crippen molar-refractivity contribution in [3.63, 3.8) is 0 Å². The SMILES string of the molecule is C=C(C)CNC(N)=NCC(C)Oc1ccccc1OC. The lowest BCUT2D eigenvalue weighted by Crippen LogP contribution is -2.33. The van der Waals surface area contributed by atoms with Gasteiger partial charge in [-0.1, -0.05) is 24.3 Å². The maximum absolute atomic E-state index is 5.78. The number of nitrogens with two attached hydrogens (primary N) is 1. The Morgan fingerprint density at radius 3 is 2.65 bits per heavy atom. The van der Waals surface area contributed by atoms with Crippen LogP contribution in [0.2, 0.25) is 0 Å². The highest BCUT2D eigenvalue weighted by atomic mass is 16.5. The van der Waals surface area contributed by atoms with Gasteiger partial charge in [-0.25, -0.2) is 4.99 Å². The number of hydrogen-bond acceptors (Lipinski definition) is 3. The molecule has 1 aromatic rings. The molecular weight excluding hydrogens is 254 g/mol. The van der Waals surface area contributed by atoms with Gasteiger partial charge in [-0.2, -0.15) is 0 Å². The number of para-hydroxylation sites is 2. The lowest BCUT2D eigenvalue weighted by atomic mass is 10.3. The van der Waals surface area contributed by atoms with Gasteiger partial charge in [-0.05, 0) is 26.0 Å². The van der Waals surface area contributed by atoms with Crippen molar-refractivity contribution in [2.45, 2.75) is 20.0 Å². The van der Waals surface area contributed by atoms with E-state index >= 15 is 0 Å². The Balaban J connectivity index is 2.49. The molecule has 0 aliphatic heterocycles. The van der Waals surface area contributed by atoms with Gasteiger partial charge in [-0.15, -0.1) is 0 Å². The summed E-state index contributed by atoms with van der Waals surface area (Å²) >= 11 is 0. The largest absolute Gasteiger partial charge is 0.493 e. The van der Waals surface area contributed by atoms with Crippen LogP contribution in [0.5, 0.6) is 11.5 Å². The Morgan fingerprint density at radius 2 is 2.05 bits per heavy atom. The Kier molecular flexibility index (Phi) is 6.43. The number of aliphatic imine (C=N–C) groups is 1. The minimum Gasteiger partial charge on any atom is -0.493 e. The van der Waals surface area contributed by atoms with E-state index in [2.05, 4.69) is 16.9 Å². The zero-order chi connectivity index (χ0) is 15.0. The van der Waals surface area contributed by atoms with Crippen molar-refractivity contribution in [3.8, 4) is 11.5 Å². The number of hydrogen-bond donors (Lipinski definition) is 2. The average molecular weight is 277 g/mol. The molecule has 5 heteroatoms. The van der Waals surface area contributed by atoms with Crippen LogP contribution in [0.1, 0.15) is 13.8 Å². The predicted molar refractivity (Wildman–Crippen MR) is 82.4 cm³/mol. The van der Waals surface area contributed by atoms with Crippen LogP contribution < -0.4 is 20.5 Å². The van der Waals surface area contributed by atoms with Gasteiger partial charge >= 0.3 is 0 Å². The number of benzene rings is 1. The van der Waals surface area contributed by atoms with Crippen molar-refractivity contribution in [2.24, 2.45) is 10.7 Å². The fraction of sp³-hybridized carbons (Fsp3) is 0.400. The highest BCUT2D eigenvalue weighted by molar-refractivity contribution is 5.78. The highest BCUT2D eigenvalue weighted by Gasteiger charge is 2.08. The molecule has 0 amide bonds. The number of guanidine groups is 1. The summed E-state index contributed by atoms with van der Waals surface area (Å²) in [5, 5.41) is 2.97. The zero-order valence-corrected chi connectivity index (χ0v) is 12.3. The van der Waals surface area contributed by atoms with E-state index in [4.69, 9.17) is 15.2 Å². The minimum absolute atomic E-state index is 0.100. The molecular formula is C15H23N3O2. The van der Waals surface area contributed by atoms with E-state index in [1.807, 2.05) is 38.1 Å². The Morgan fingerprint density at radius 1 is 1.40 bits per heavy atom. The van der Waals surface area contributed by atoms with Crippen LogP contribution in [0, 0.1) is 0 Å². The first-order valence-corrected chi connectivity index (χ1v) is 6.50. The summed E-state index contributed by atoms with van der Waals surface area (Å²) in [6.07, 6.45) is -0.100. The van der Waals surface area contributed by atoms with Gasteiger partial charge in [0.05, 0.1) is 13.7 Å². The first-order chi connectivity index (χ1) is 9.52. The third-order valence-electron chi connectivity index (χ3n) is 2.49. The number of methoxy groups -OCH3 is 1. The van der Waals surface area contributed by atoms with Crippen LogP contribution in [-0.2, 0) is 0 Å². The summed E-state index contributed by atoms with van der Waals surface area (Å²) in [5.41, 5.74) is 6.74. The van der Waals surface area contributed by atoms with Gasteiger partial charge in [0.15, 0.2) is 17.5 Å². The molecule has 0 heterocycles. The third-order valence-corrected chi connectivity index (χ3v) is 2.49. The quantitative estimate of drug-likeness (QED) is 0.454. The Hall–Kier alpha value is -2.17. The molecule has 1 rings (SSSR count). The van der Waals surface area contributed by atoms with Crippen LogP contribution in [0.4, 0.5) is 0 Å². The van der Waals surface area contributed by atoms with Crippen molar-refractivity contribution < 1.29 is 9.47 Å². The monoisotopic (exact) mass is 277 g/mol. The van der Waals surface area contributed by atoms with Crippen molar-refractivity contribution >= 4 is 5.96 Å². The van der Waals surface area contributed by atoms with Crippen molar-refractivity contribution in [1.29, 1.82) is 0 Å². The zero-order valence-electron chi connectivity index (χ0n) is 12.3. The maximum Gasteiger partial charge on any atom is 0.188 e. The summed E-state index contributed by atoms with van der Waals surface area (Å²) in [7, 11) is 1.62. The molecule has 110 valence electrons. The Labute approximate surface area is 120 Å². The van der Waals surface area contributed by atoms with Crippen LogP contribution >= 0.6 is 0 Å². The lowest BCUT2D eigenvalue weighted by Gasteiger charge is -2.15. The molecule has 3 N–H and O–H groups in total. The first kappa shape index (κ1) is 15.9. The van der Waals surface area contributed by atoms with Gasteiger partial charge in [-0.3, -0.25) is 0 Å². The second-order valence-corrected chi connectivity index (χ2v) is 4.62. The van der Waals surface area contributed by atoms with Crippen molar-refractivity contribution in [2.75, 3.05) is 20.2 Å². The molecule has 0 aromatic heterocycles. The summed E-state index contributed by atoms with van der Waals surface area (Å²) in [5.74, 6) is 1.80. The van der Waals surface area contributed by atoms with E-state index in [0.717, 1.165) is 5.57 Å². The lowest BCUT2D eigenvalue weighted by molar-refractivity contribution is 0.219. The van der Waals surface area contributed by atoms with Gasteiger partial charge in [0, 0.05) is 6.54 Å². The topological polar surface area (TPSA) is 68.9 Å². The number of nitrogens with one attached hydrogen (secondary N) is 1. The second kappa shape index (κ2) is 8.09. The summed E-state index contributed by atoms with van der Waals surface area (Å²) in [4.78, 5) is 4.22. The van der Waals surface area contributed by atoms with Crippen LogP contribution in [0.25, 0.3) is 0 Å². The van der Waals surface area contributed by atoms with E-state index in [0.29, 0.717) is 30.5 Å². The normalized spacial score (nSPS) is 12.7. The fourth-order valence-electron chi connectivity index (χ4n) is 1.49. The van der Waals surface area contributed by atoms with Crippen LogP contribution in [0.15, 0.2) is 41.4 Å². The first-order valence-electron chi connectivity index (χ1n) is 6.50. The molecule has 0 saturated carbocycles. The van der Waals surface area contributed by atoms with Crippen molar-refractivity contribution in [1.82, 2.24) is 5.32 Å². The van der Waals surface area contributed by atoms with Gasteiger partial charge < -0.3 is 20.5 Å². The van der Waals surface area contributed by atoms with E-state index in [9.17, 15) is 0 Å². The standard InChI is InChI=1S/C15H23N3O2/c1-11(2)9-17-15(16)18-10-12(3)20-14-8-6-5-7-13(14)19-4/h5-8,12H,1,9-10H2,2-4H3,(H3,16,17,18). The molecule has 0 radical (unpaired) electrons. The number of rotatable bonds is 7. The molecule has 1 unspecified atom stereocenters. The van der Waals surface area contributed by atoms with E-state index in [1.54, 1.807) is 7.11 Å². The second-order valence-electron chi connectivity index (χ2n) is 4.62. The van der Waals surface area contributed by atoms with Crippen LogP contribution in [0.3, 0.4) is 0 Å². The van der Waals surface area contributed by atoms with Gasteiger partial charge in [0.1, 0.15) is 6.10 Å². The molecule has 20 heavy (non-hydrogen) atoms. The number of nitrogens with zero attached hydrogens (tertiary/aromatic N) is 1. The predicted octanol–water partition coefficient (Wildman–Crippen LogP) is 1.94. The maximum atomic E-state index is 5.78. The molecule has 5 nitrogen and oxygen atoms in total.